The molecule has 96 valence electrons. The van der Waals surface area contributed by atoms with Crippen LogP contribution < -0.4 is 0 Å². The molecule has 0 aromatic carbocycles. The maximum atomic E-state index is 11.9. The third kappa shape index (κ3) is 3.66. The molecular formula is C13H22N2O2. The second kappa shape index (κ2) is 6.55. The Balaban J connectivity index is 2.59. The normalized spacial score (nSPS) is 13.0. The van der Waals surface area contributed by atoms with E-state index in [4.69, 9.17) is 0 Å². The Bertz CT molecular complexity index is 356. The number of hydrogen-bond donors (Lipinski definition) is 1. The quantitative estimate of drug-likeness (QED) is 0.788. The number of aliphatic hydroxyl groups excluding tert-OH is 1. The van der Waals surface area contributed by atoms with E-state index in [1.54, 1.807) is 10.9 Å². The maximum absolute atomic E-state index is 11.9. The fourth-order valence-corrected chi connectivity index (χ4v) is 1.97. The lowest BCUT2D eigenvalue weighted by atomic mass is 9.92. The van der Waals surface area contributed by atoms with Crippen LogP contribution in [0.1, 0.15) is 39.2 Å². The summed E-state index contributed by atoms with van der Waals surface area (Å²) < 4.78 is 1.78. The van der Waals surface area contributed by atoms with Crippen molar-refractivity contribution in [1.82, 2.24) is 9.78 Å². The summed E-state index contributed by atoms with van der Waals surface area (Å²) in [6, 6.07) is 0. The summed E-state index contributed by atoms with van der Waals surface area (Å²) in [7, 11) is 0. The van der Waals surface area contributed by atoms with Gasteiger partial charge in [0.1, 0.15) is 6.10 Å². The largest absolute Gasteiger partial charge is 0.385 e. The lowest BCUT2D eigenvalue weighted by molar-refractivity contribution is -0.129. The maximum Gasteiger partial charge on any atom is 0.166 e. The minimum atomic E-state index is -0.838. The van der Waals surface area contributed by atoms with Gasteiger partial charge in [-0.3, -0.25) is 9.48 Å². The van der Waals surface area contributed by atoms with Crippen LogP contribution in [0.25, 0.3) is 0 Å². The number of aromatic nitrogens is 2. The highest BCUT2D eigenvalue weighted by Crippen LogP contribution is 2.15. The predicted octanol–water partition coefficient (Wildman–Crippen LogP) is 1.81. The highest BCUT2D eigenvalue weighted by Gasteiger charge is 2.23. The second-order valence-corrected chi connectivity index (χ2v) is 4.37. The lowest BCUT2D eigenvalue weighted by Crippen LogP contribution is -2.30. The number of ketones is 1. The fraction of sp³-hybridized carbons (Fsp3) is 0.692. The summed E-state index contributed by atoms with van der Waals surface area (Å²) in [4.78, 5) is 11.9. The smallest absolute Gasteiger partial charge is 0.166 e. The van der Waals surface area contributed by atoms with Crippen LogP contribution >= 0.6 is 0 Å². The zero-order valence-electron chi connectivity index (χ0n) is 10.9. The van der Waals surface area contributed by atoms with Crippen molar-refractivity contribution in [2.45, 2.75) is 52.7 Å². The minimum absolute atomic E-state index is 0.0729. The molecule has 0 bridgehead atoms. The summed E-state index contributed by atoms with van der Waals surface area (Å²) in [5, 5.41) is 14.0. The molecule has 4 heteroatoms. The Morgan fingerprint density at radius 2 is 2.06 bits per heavy atom. The van der Waals surface area contributed by atoms with E-state index in [0.717, 1.165) is 24.9 Å². The Morgan fingerprint density at radius 3 is 2.53 bits per heavy atom. The zero-order valence-corrected chi connectivity index (χ0v) is 10.9. The third-order valence-corrected chi connectivity index (χ3v) is 3.21. The van der Waals surface area contributed by atoms with E-state index < -0.39 is 6.10 Å². The number of carbonyl (C=O) groups excluding carboxylic acids is 1. The van der Waals surface area contributed by atoms with Gasteiger partial charge in [-0.1, -0.05) is 26.7 Å². The van der Waals surface area contributed by atoms with E-state index in [0.29, 0.717) is 0 Å². The van der Waals surface area contributed by atoms with Gasteiger partial charge in [-0.2, -0.15) is 5.10 Å². The standard InChI is InChI=1S/C13H22N2O2/c1-4-11(5-2)13(17)12(16)7-10-8-14-15(6-3)9-10/h8-9,11,13,17H,4-7H2,1-3H3. The number of aryl methyl sites for hydroxylation is 1. The van der Waals surface area contributed by atoms with Crippen molar-refractivity contribution < 1.29 is 9.90 Å². The first-order chi connectivity index (χ1) is 8.12. The molecule has 4 nitrogen and oxygen atoms in total. The van der Waals surface area contributed by atoms with E-state index in [-0.39, 0.29) is 18.1 Å². The number of aliphatic hydroxyl groups is 1. The van der Waals surface area contributed by atoms with Crippen LogP contribution in [0.3, 0.4) is 0 Å². The Labute approximate surface area is 103 Å². The van der Waals surface area contributed by atoms with E-state index in [1.165, 1.54) is 0 Å². The van der Waals surface area contributed by atoms with Crippen LogP contribution in [0, 0.1) is 5.92 Å². The molecule has 0 radical (unpaired) electrons. The van der Waals surface area contributed by atoms with Crippen LogP contribution in [0.4, 0.5) is 0 Å². The third-order valence-electron chi connectivity index (χ3n) is 3.21. The molecular weight excluding hydrogens is 216 g/mol. The zero-order chi connectivity index (χ0) is 12.8. The van der Waals surface area contributed by atoms with Gasteiger partial charge < -0.3 is 5.11 Å². The molecule has 1 N–H and O–H groups in total. The highest BCUT2D eigenvalue weighted by molar-refractivity contribution is 5.85. The van der Waals surface area contributed by atoms with Gasteiger partial charge in [0.05, 0.1) is 6.20 Å². The van der Waals surface area contributed by atoms with Gasteiger partial charge in [0.15, 0.2) is 5.78 Å². The molecule has 0 aliphatic carbocycles. The van der Waals surface area contributed by atoms with E-state index in [9.17, 15) is 9.90 Å². The molecule has 1 unspecified atom stereocenters. The van der Waals surface area contributed by atoms with Crippen LogP contribution in [-0.2, 0) is 17.8 Å². The van der Waals surface area contributed by atoms with Gasteiger partial charge in [0.25, 0.3) is 0 Å². The van der Waals surface area contributed by atoms with E-state index in [2.05, 4.69) is 5.10 Å². The summed E-state index contributed by atoms with van der Waals surface area (Å²) in [5.74, 6) is -0.0296. The minimum Gasteiger partial charge on any atom is -0.385 e. The molecule has 0 fully saturated rings. The van der Waals surface area contributed by atoms with Crippen molar-refractivity contribution in [3.05, 3.63) is 18.0 Å². The molecule has 17 heavy (non-hydrogen) atoms. The summed E-state index contributed by atoms with van der Waals surface area (Å²) in [5.41, 5.74) is 0.877. The highest BCUT2D eigenvalue weighted by atomic mass is 16.3. The van der Waals surface area contributed by atoms with Crippen molar-refractivity contribution in [1.29, 1.82) is 0 Å². The number of Topliss-reactive ketones (excluding diaryl/α,β-unsaturated/α-hetero) is 1. The van der Waals surface area contributed by atoms with Crippen molar-refractivity contribution in [3.63, 3.8) is 0 Å². The van der Waals surface area contributed by atoms with Gasteiger partial charge in [0, 0.05) is 19.2 Å². The predicted molar refractivity (Wildman–Crippen MR) is 66.7 cm³/mol. The monoisotopic (exact) mass is 238 g/mol. The molecule has 1 atom stereocenters. The average molecular weight is 238 g/mol. The average Bonchev–Trinajstić information content (AvgIpc) is 2.78. The van der Waals surface area contributed by atoms with E-state index in [1.807, 2.05) is 27.0 Å². The van der Waals surface area contributed by atoms with Gasteiger partial charge in [-0.05, 0) is 18.4 Å². The number of carbonyl (C=O) groups is 1. The van der Waals surface area contributed by atoms with Crippen molar-refractivity contribution in [3.8, 4) is 0 Å². The molecule has 0 aliphatic heterocycles. The van der Waals surface area contributed by atoms with Crippen molar-refractivity contribution in [2.75, 3.05) is 0 Å². The van der Waals surface area contributed by atoms with Crippen LogP contribution in [-0.4, -0.2) is 26.8 Å². The molecule has 1 heterocycles. The molecule has 0 spiro atoms. The Morgan fingerprint density at radius 1 is 1.41 bits per heavy atom. The number of hydrogen-bond acceptors (Lipinski definition) is 3. The molecule has 0 saturated heterocycles. The van der Waals surface area contributed by atoms with E-state index >= 15 is 0 Å². The lowest BCUT2D eigenvalue weighted by Gasteiger charge is -2.18. The number of nitrogens with zero attached hydrogens (tertiary/aromatic N) is 2. The van der Waals surface area contributed by atoms with Gasteiger partial charge in [-0.15, -0.1) is 0 Å². The summed E-state index contributed by atoms with van der Waals surface area (Å²) in [6.07, 6.45) is 4.65. The topological polar surface area (TPSA) is 55.1 Å². The molecule has 1 aromatic rings. The fourth-order valence-electron chi connectivity index (χ4n) is 1.97. The van der Waals surface area contributed by atoms with Gasteiger partial charge in [-0.25, -0.2) is 0 Å². The van der Waals surface area contributed by atoms with Gasteiger partial charge in [0.2, 0.25) is 0 Å². The molecule has 0 aliphatic rings. The summed E-state index contributed by atoms with van der Waals surface area (Å²) in [6.45, 7) is 6.79. The van der Waals surface area contributed by atoms with Crippen molar-refractivity contribution in [2.24, 2.45) is 5.92 Å². The Hall–Kier alpha value is -1.16. The summed E-state index contributed by atoms with van der Waals surface area (Å²) >= 11 is 0. The van der Waals surface area contributed by atoms with Gasteiger partial charge >= 0.3 is 0 Å². The first-order valence-electron chi connectivity index (χ1n) is 6.34. The van der Waals surface area contributed by atoms with Crippen LogP contribution in [0.5, 0.6) is 0 Å². The molecule has 0 amide bonds. The Kier molecular flexibility index (Phi) is 5.35. The molecule has 1 rings (SSSR count). The second-order valence-electron chi connectivity index (χ2n) is 4.37. The first kappa shape index (κ1) is 13.9. The molecule has 0 saturated carbocycles. The van der Waals surface area contributed by atoms with Crippen LogP contribution in [0.15, 0.2) is 12.4 Å². The SMILES string of the molecule is CCC(CC)C(O)C(=O)Cc1cnn(CC)c1. The van der Waals surface area contributed by atoms with Crippen molar-refractivity contribution >= 4 is 5.78 Å². The number of rotatable bonds is 7. The first-order valence-corrected chi connectivity index (χ1v) is 6.34. The molecule has 1 aromatic heterocycles. The van der Waals surface area contributed by atoms with Crippen LogP contribution in [0.2, 0.25) is 0 Å².